The maximum Gasteiger partial charge on any atom is 0.227 e. The summed E-state index contributed by atoms with van der Waals surface area (Å²) in [5.74, 6) is 0.668. The molecule has 1 amide bonds. The summed E-state index contributed by atoms with van der Waals surface area (Å²) in [5.41, 5.74) is 3.43. The highest BCUT2D eigenvalue weighted by molar-refractivity contribution is 5.88. The highest BCUT2D eigenvalue weighted by Gasteiger charge is 2.15. The minimum absolute atomic E-state index is 0.0367. The van der Waals surface area contributed by atoms with Crippen LogP contribution in [0.5, 0.6) is 5.75 Å². The second kappa shape index (κ2) is 8.89. The lowest BCUT2D eigenvalue weighted by molar-refractivity contribution is -0.872. The summed E-state index contributed by atoms with van der Waals surface area (Å²) in [7, 11) is 5.94. The lowest BCUT2D eigenvalue weighted by atomic mass is 9.97. The molecule has 2 N–H and O–H groups in total. The van der Waals surface area contributed by atoms with Crippen LogP contribution in [0.25, 0.3) is 10.8 Å². The van der Waals surface area contributed by atoms with Gasteiger partial charge in [0.2, 0.25) is 5.91 Å². The number of carbonyl (C=O) groups is 1. The number of nitrogens with one attached hydrogen (secondary N) is 2. The summed E-state index contributed by atoms with van der Waals surface area (Å²) in [6.45, 7) is 3.49. The Kier molecular flexibility index (Phi) is 6.32. The SMILES string of the molecule is COc1ccc2cc([C@H](C)C(=O)NCc3ccc(C[NH+](C)C)cc3)ccc2c1. The van der Waals surface area contributed by atoms with E-state index >= 15 is 0 Å². The first-order valence-corrected chi connectivity index (χ1v) is 9.68. The average molecular weight is 378 g/mol. The number of hydrogen-bond donors (Lipinski definition) is 2. The van der Waals surface area contributed by atoms with Crippen molar-refractivity contribution in [2.45, 2.75) is 25.9 Å². The fourth-order valence-electron chi connectivity index (χ4n) is 3.32. The van der Waals surface area contributed by atoms with Gasteiger partial charge in [-0.1, -0.05) is 48.5 Å². The Morgan fingerprint density at radius 1 is 0.964 bits per heavy atom. The molecule has 0 radical (unpaired) electrons. The molecule has 3 rings (SSSR count). The van der Waals surface area contributed by atoms with Crippen LogP contribution in [0.15, 0.2) is 60.7 Å². The van der Waals surface area contributed by atoms with Crippen LogP contribution in [-0.2, 0) is 17.9 Å². The van der Waals surface area contributed by atoms with Crippen molar-refractivity contribution in [1.82, 2.24) is 5.32 Å². The van der Waals surface area contributed by atoms with Gasteiger partial charge in [0.1, 0.15) is 12.3 Å². The van der Waals surface area contributed by atoms with E-state index in [0.29, 0.717) is 6.54 Å². The van der Waals surface area contributed by atoms with Crippen LogP contribution in [0.3, 0.4) is 0 Å². The van der Waals surface area contributed by atoms with E-state index in [1.807, 2.05) is 37.3 Å². The van der Waals surface area contributed by atoms with Gasteiger partial charge in [-0.3, -0.25) is 4.79 Å². The van der Waals surface area contributed by atoms with Crippen molar-refractivity contribution >= 4 is 16.7 Å². The Bertz CT molecular complexity index is 948. The van der Waals surface area contributed by atoms with E-state index in [1.165, 1.54) is 10.5 Å². The Morgan fingerprint density at radius 2 is 1.61 bits per heavy atom. The molecule has 4 heteroatoms. The van der Waals surface area contributed by atoms with E-state index in [4.69, 9.17) is 4.74 Å². The Hall–Kier alpha value is -2.85. The molecule has 0 aromatic heterocycles. The number of rotatable bonds is 7. The average Bonchev–Trinajstić information content (AvgIpc) is 2.71. The summed E-state index contributed by atoms with van der Waals surface area (Å²) in [5, 5.41) is 5.27. The number of methoxy groups -OCH3 is 1. The van der Waals surface area contributed by atoms with E-state index in [9.17, 15) is 4.79 Å². The standard InChI is InChI=1S/C24H28N2O2/c1-17(20-9-10-22-14-23(28-4)12-11-21(22)13-20)24(27)25-15-18-5-7-19(8-6-18)16-26(2)3/h5-14,17H,15-16H2,1-4H3,(H,25,27)/p+1/t17-/m0/s1. The molecular formula is C24H29N2O2+. The molecule has 4 nitrogen and oxygen atoms in total. The summed E-state index contributed by atoms with van der Waals surface area (Å²) in [6, 6.07) is 20.6. The van der Waals surface area contributed by atoms with Crippen molar-refractivity contribution in [1.29, 1.82) is 0 Å². The first kappa shape index (κ1) is 19.9. The van der Waals surface area contributed by atoms with Crippen molar-refractivity contribution in [3.63, 3.8) is 0 Å². The third-order valence-electron chi connectivity index (χ3n) is 5.01. The van der Waals surface area contributed by atoms with E-state index in [2.05, 4.69) is 49.7 Å². The Balaban J connectivity index is 1.63. The number of ether oxygens (including phenoxy) is 1. The number of quaternary nitrogens is 1. The normalized spacial score (nSPS) is 12.2. The first-order valence-electron chi connectivity index (χ1n) is 9.68. The molecule has 3 aromatic rings. The van der Waals surface area contributed by atoms with Crippen molar-refractivity contribution < 1.29 is 14.4 Å². The van der Waals surface area contributed by atoms with Crippen LogP contribution in [0, 0.1) is 0 Å². The second-order valence-corrected chi connectivity index (χ2v) is 7.61. The zero-order valence-corrected chi connectivity index (χ0v) is 17.1. The predicted octanol–water partition coefficient (Wildman–Crippen LogP) is 2.91. The first-order chi connectivity index (χ1) is 13.5. The predicted molar refractivity (Wildman–Crippen MR) is 114 cm³/mol. The van der Waals surface area contributed by atoms with Crippen LogP contribution in [-0.4, -0.2) is 27.1 Å². The van der Waals surface area contributed by atoms with E-state index in [1.54, 1.807) is 7.11 Å². The number of amides is 1. The smallest absolute Gasteiger partial charge is 0.227 e. The lowest BCUT2D eigenvalue weighted by Crippen LogP contribution is -3.04. The van der Waals surface area contributed by atoms with Crippen LogP contribution in [0.2, 0.25) is 0 Å². The largest absolute Gasteiger partial charge is 0.497 e. The molecule has 3 aromatic carbocycles. The Morgan fingerprint density at radius 3 is 2.29 bits per heavy atom. The van der Waals surface area contributed by atoms with E-state index in [-0.39, 0.29) is 11.8 Å². The molecule has 0 saturated carbocycles. The van der Waals surface area contributed by atoms with Gasteiger partial charge in [0.05, 0.1) is 27.1 Å². The molecule has 0 bridgehead atoms. The van der Waals surface area contributed by atoms with Gasteiger partial charge < -0.3 is 15.0 Å². The molecule has 0 heterocycles. The molecular weight excluding hydrogens is 348 g/mol. The number of fused-ring (bicyclic) bond motifs is 1. The third kappa shape index (κ3) is 4.90. The summed E-state index contributed by atoms with van der Waals surface area (Å²) in [6.07, 6.45) is 0. The fourth-order valence-corrected chi connectivity index (χ4v) is 3.32. The minimum Gasteiger partial charge on any atom is -0.497 e. The third-order valence-corrected chi connectivity index (χ3v) is 5.01. The molecule has 0 aliphatic carbocycles. The van der Waals surface area contributed by atoms with Crippen LogP contribution in [0.4, 0.5) is 0 Å². The zero-order chi connectivity index (χ0) is 20.1. The van der Waals surface area contributed by atoms with Gasteiger partial charge in [-0.15, -0.1) is 0 Å². The van der Waals surface area contributed by atoms with Gasteiger partial charge in [0.15, 0.2) is 0 Å². The molecule has 28 heavy (non-hydrogen) atoms. The van der Waals surface area contributed by atoms with Crippen molar-refractivity contribution in [2.75, 3.05) is 21.2 Å². The van der Waals surface area contributed by atoms with Gasteiger partial charge in [0.25, 0.3) is 0 Å². The highest BCUT2D eigenvalue weighted by atomic mass is 16.5. The molecule has 0 spiro atoms. The molecule has 0 unspecified atom stereocenters. The minimum atomic E-state index is -0.205. The van der Waals surface area contributed by atoms with Gasteiger partial charge in [-0.05, 0) is 41.0 Å². The topological polar surface area (TPSA) is 42.8 Å². The number of benzene rings is 3. The highest BCUT2D eigenvalue weighted by Crippen LogP contribution is 2.25. The van der Waals surface area contributed by atoms with Crippen molar-refractivity contribution in [3.8, 4) is 5.75 Å². The second-order valence-electron chi connectivity index (χ2n) is 7.61. The van der Waals surface area contributed by atoms with Gasteiger partial charge in [-0.25, -0.2) is 0 Å². The molecule has 0 saturated heterocycles. The monoisotopic (exact) mass is 377 g/mol. The molecule has 0 aliphatic heterocycles. The van der Waals surface area contributed by atoms with Crippen LogP contribution >= 0.6 is 0 Å². The maximum atomic E-state index is 12.6. The molecule has 0 fully saturated rings. The number of carbonyl (C=O) groups excluding carboxylic acids is 1. The van der Waals surface area contributed by atoms with Gasteiger partial charge >= 0.3 is 0 Å². The molecule has 0 aliphatic rings. The van der Waals surface area contributed by atoms with Crippen LogP contribution in [0.1, 0.15) is 29.5 Å². The van der Waals surface area contributed by atoms with E-state index < -0.39 is 0 Å². The van der Waals surface area contributed by atoms with Crippen molar-refractivity contribution in [3.05, 3.63) is 77.4 Å². The van der Waals surface area contributed by atoms with Crippen molar-refractivity contribution in [2.24, 2.45) is 0 Å². The summed E-state index contributed by atoms with van der Waals surface area (Å²) in [4.78, 5) is 14.0. The zero-order valence-electron chi connectivity index (χ0n) is 17.1. The lowest BCUT2D eigenvalue weighted by Gasteiger charge is -2.14. The molecule has 146 valence electrons. The maximum absolute atomic E-state index is 12.6. The number of hydrogen-bond acceptors (Lipinski definition) is 2. The van der Waals surface area contributed by atoms with Crippen LogP contribution < -0.4 is 15.0 Å². The fraction of sp³-hybridized carbons (Fsp3) is 0.292. The summed E-state index contributed by atoms with van der Waals surface area (Å²) < 4.78 is 5.27. The molecule has 1 atom stereocenters. The quantitative estimate of drug-likeness (QED) is 0.665. The van der Waals surface area contributed by atoms with E-state index in [0.717, 1.165) is 34.2 Å². The summed E-state index contributed by atoms with van der Waals surface area (Å²) >= 11 is 0. The Labute approximate surface area is 167 Å². The van der Waals surface area contributed by atoms with Gasteiger partial charge in [0, 0.05) is 12.1 Å². The van der Waals surface area contributed by atoms with Gasteiger partial charge in [-0.2, -0.15) is 0 Å².